The van der Waals surface area contributed by atoms with E-state index in [1.807, 2.05) is 30.3 Å². The average molecular weight is 443 g/mol. The van der Waals surface area contributed by atoms with Crippen molar-refractivity contribution in [3.8, 4) is 11.5 Å². The molecule has 0 fully saturated rings. The Bertz CT molecular complexity index is 895. The molecule has 1 heterocycles. The van der Waals surface area contributed by atoms with Gasteiger partial charge in [-0.25, -0.2) is 4.68 Å². The lowest BCUT2D eigenvalue weighted by Crippen LogP contribution is -2.10. The number of hydrogen-bond acceptors (Lipinski definition) is 5. The summed E-state index contributed by atoms with van der Waals surface area (Å²) in [6.45, 7) is 5.31. The smallest absolute Gasteiger partial charge is 0.141 e. The highest BCUT2D eigenvalue weighted by molar-refractivity contribution is 9.10. The van der Waals surface area contributed by atoms with Crippen molar-refractivity contribution >= 4 is 22.1 Å². The molecule has 0 spiro atoms. The van der Waals surface area contributed by atoms with Crippen LogP contribution in [0.3, 0.4) is 0 Å². The molecule has 7 heteroatoms. The second kappa shape index (κ2) is 10.0. The van der Waals surface area contributed by atoms with Crippen molar-refractivity contribution in [1.82, 2.24) is 14.9 Å². The Kier molecular flexibility index (Phi) is 7.19. The second-order valence-corrected chi connectivity index (χ2v) is 7.26. The fraction of sp³-hybridized carbons (Fsp3) is 0.286. The van der Waals surface area contributed by atoms with Gasteiger partial charge in [-0.1, -0.05) is 41.9 Å². The van der Waals surface area contributed by atoms with Crippen LogP contribution in [-0.4, -0.2) is 34.3 Å². The Balaban J connectivity index is 1.54. The Labute approximate surface area is 173 Å². The van der Waals surface area contributed by atoms with E-state index in [1.165, 1.54) is 22.9 Å². The average Bonchev–Trinajstić information content (AvgIpc) is 3.24. The van der Waals surface area contributed by atoms with Gasteiger partial charge in [-0.2, -0.15) is 5.10 Å². The molecule has 0 aliphatic heterocycles. The van der Waals surface area contributed by atoms with E-state index in [0.29, 0.717) is 19.1 Å². The SMILES string of the molecule is CC[C@H](C)c1ccc(OCCOc2ccc(Br)cc2/C=N\n2cnnc2)cc1. The molecule has 0 amide bonds. The van der Waals surface area contributed by atoms with Gasteiger partial charge in [-0.3, -0.25) is 0 Å². The maximum absolute atomic E-state index is 5.89. The predicted molar refractivity (Wildman–Crippen MR) is 113 cm³/mol. The van der Waals surface area contributed by atoms with E-state index in [4.69, 9.17) is 9.47 Å². The van der Waals surface area contributed by atoms with Crippen molar-refractivity contribution in [3.05, 3.63) is 70.7 Å². The summed E-state index contributed by atoms with van der Waals surface area (Å²) in [5, 5.41) is 11.7. The van der Waals surface area contributed by atoms with Crippen molar-refractivity contribution in [2.24, 2.45) is 5.10 Å². The van der Waals surface area contributed by atoms with Gasteiger partial charge in [0.1, 0.15) is 37.4 Å². The third-order valence-corrected chi connectivity index (χ3v) is 4.87. The summed E-state index contributed by atoms with van der Waals surface area (Å²) in [5.74, 6) is 2.14. The second-order valence-electron chi connectivity index (χ2n) is 6.34. The van der Waals surface area contributed by atoms with E-state index in [1.54, 1.807) is 6.21 Å². The fourth-order valence-electron chi connectivity index (χ4n) is 2.57. The number of ether oxygens (including phenoxy) is 2. The normalized spacial score (nSPS) is 12.2. The molecule has 0 saturated heterocycles. The van der Waals surface area contributed by atoms with Gasteiger partial charge in [0.25, 0.3) is 0 Å². The first-order valence-corrected chi connectivity index (χ1v) is 9.99. The summed E-state index contributed by atoms with van der Waals surface area (Å²) < 4.78 is 14.1. The van der Waals surface area contributed by atoms with Crippen molar-refractivity contribution in [2.45, 2.75) is 26.2 Å². The van der Waals surface area contributed by atoms with Crippen LogP contribution in [0.1, 0.15) is 37.3 Å². The standard InChI is InChI=1S/C21H23BrN4O2/c1-3-16(2)17-4-7-20(8-5-17)27-10-11-28-21-9-6-19(22)12-18(21)13-25-26-14-23-24-15-26/h4-9,12-16H,3,10-11H2,1-2H3/b25-13-/t16-/m0/s1. The monoisotopic (exact) mass is 442 g/mol. The van der Waals surface area contributed by atoms with Gasteiger partial charge in [0.2, 0.25) is 0 Å². The summed E-state index contributed by atoms with van der Waals surface area (Å²) in [5.41, 5.74) is 2.18. The molecule has 0 saturated carbocycles. The lowest BCUT2D eigenvalue weighted by atomic mass is 9.99. The molecule has 0 N–H and O–H groups in total. The zero-order valence-electron chi connectivity index (χ0n) is 16.0. The first-order valence-electron chi connectivity index (χ1n) is 9.20. The van der Waals surface area contributed by atoms with E-state index in [2.05, 4.69) is 57.2 Å². The molecular weight excluding hydrogens is 420 g/mol. The Hall–Kier alpha value is -2.67. The minimum Gasteiger partial charge on any atom is -0.490 e. The van der Waals surface area contributed by atoms with Gasteiger partial charge >= 0.3 is 0 Å². The Morgan fingerprint density at radius 3 is 2.50 bits per heavy atom. The number of halogens is 1. The third kappa shape index (κ3) is 5.66. The Morgan fingerprint density at radius 2 is 1.79 bits per heavy atom. The highest BCUT2D eigenvalue weighted by Gasteiger charge is 2.05. The van der Waals surface area contributed by atoms with Crippen LogP contribution in [0, 0.1) is 0 Å². The van der Waals surface area contributed by atoms with Crippen LogP contribution in [-0.2, 0) is 0 Å². The van der Waals surface area contributed by atoms with Crippen LogP contribution < -0.4 is 9.47 Å². The highest BCUT2D eigenvalue weighted by Crippen LogP contribution is 2.23. The maximum Gasteiger partial charge on any atom is 0.141 e. The Morgan fingerprint density at radius 1 is 1.07 bits per heavy atom. The summed E-state index contributed by atoms with van der Waals surface area (Å²) in [4.78, 5) is 0. The first-order chi connectivity index (χ1) is 13.7. The van der Waals surface area contributed by atoms with Gasteiger partial charge < -0.3 is 9.47 Å². The molecule has 3 rings (SSSR count). The molecule has 6 nitrogen and oxygen atoms in total. The van der Waals surface area contributed by atoms with Crippen molar-refractivity contribution in [2.75, 3.05) is 13.2 Å². The molecule has 0 bridgehead atoms. The summed E-state index contributed by atoms with van der Waals surface area (Å²) in [7, 11) is 0. The number of aromatic nitrogens is 3. The zero-order valence-corrected chi connectivity index (χ0v) is 17.5. The maximum atomic E-state index is 5.89. The quantitative estimate of drug-likeness (QED) is 0.349. The van der Waals surface area contributed by atoms with E-state index < -0.39 is 0 Å². The first kappa shape index (κ1) is 20.1. The number of nitrogens with zero attached hydrogens (tertiary/aromatic N) is 4. The molecule has 0 unspecified atom stereocenters. The minimum absolute atomic E-state index is 0.433. The molecule has 3 aromatic rings. The molecule has 146 valence electrons. The molecule has 0 aliphatic carbocycles. The predicted octanol–water partition coefficient (Wildman–Crippen LogP) is 4.89. The van der Waals surface area contributed by atoms with Gasteiger partial charge in [0.15, 0.2) is 0 Å². The third-order valence-electron chi connectivity index (χ3n) is 4.38. The molecule has 0 radical (unpaired) electrons. The van der Waals surface area contributed by atoms with E-state index in [9.17, 15) is 0 Å². The number of hydrogen-bond donors (Lipinski definition) is 0. The molecule has 1 atom stereocenters. The minimum atomic E-state index is 0.433. The highest BCUT2D eigenvalue weighted by atomic mass is 79.9. The number of benzene rings is 2. The van der Waals surface area contributed by atoms with Gasteiger partial charge in [-0.05, 0) is 48.2 Å². The van der Waals surface area contributed by atoms with Crippen LogP contribution in [0.2, 0.25) is 0 Å². The fourth-order valence-corrected chi connectivity index (χ4v) is 2.95. The van der Waals surface area contributed by atoms with E-state index in [0.717, 1.165) is 28.0 Å². The number of rotatable bonds is 9. The van der Waals surface area contributed by atoms with Crippen LogP contribution >= 0.6 is 15.9 Å². The molecule has 2 aromatic carbocycles. The topological polar surface area (TPSA) is 61.5 Å². The zero-order chi connectivity index (χ0) is 19.8. The van der Waals surface area contributed by atoms with Crippen LogP contribution in [0.25, 0.3) is 0 Å². The summed E-state index contributed by atoms with van der Waals surface area (Å²) in [6, 6.07) is 14.0. The van der Waals surface area contributed by atoms with Crippen molar-refractivity contribution in [3.63, 3.8) is 0 Å². The van der Waals surface area contributed by atoms with Gasteiger partial charge in [-0.15, -0.1) is 10.2 Å². The summed E-state index contributed by atoms with van der Waals surface area (Å²) >= 11 is 3.48. The van der Waals surface area contributed by atoms with Crippen molar-refractivity contribution in [1.29, 1.82) is 0 Å². The van der Waals surface area contributed by atoms with Crippen LogP contribution in [0.15, 0.2) is 64.7 Å². The van der Waals surface area contributed by atoms with Crippen LogP contribution in [0.4, 0.5) is 0 Å². The molecular formula is C21H23BrN4O2. The molecule has 1 aromatic heterocycles. The van der Waals surface area contributed by atoms with E-state index >= 15 is 0 Å². The van der Waals surface area contributed by atoms with E-state index in [-0.39, 0.29) is 0 Å². The van der Waals surface area contributed by atoms with Crippen molar-refractivity contribution < 1.29 is 9.47 Å². The summed E-state index contributed by atoms with van der Waals surface area (Å²) in [6.07, 6.45) is 5.88. The lowest BCUT2D eigenvalue weighted by Gasteiger charge is -2.12. The molecule has 0 aliphatic rings. The largest absolute Gasteiger partial charge is 0.490 e. The van der Waals surface area contributed by atoms with Gasteiger partial charge in [0.05, 0.1) is 6.21 Å². The van der Waals surface area contributed by atoms with Crippen LogP contribution in [0.5, 0.6) is 11.5 Å². The van der Waals surface area contributed by atoms with Gasteiger partial charge in [0, 0.05) is 10.0 Å². The molecule has 28 heavy (non-hydrogen) atoms. The lowest BCUT2D eigenvalue weighted by molar-refractivity contribution is 0.217.